The van der Waals surface area contributed by atoms with E-state index in [-0.39, 0.29) is 0 Å². The molecule has 3 aliphatic rings. The zero-order valence-electron chi connectivity index (χ0n) is 19.0. The Hall–Kier alpha value is -2.30. The summed E-state index contributed by atoms with van der Waals surface area (Å²) in [5.41, 5.74) is 9.15. The third kappa shape index (κ3) is 3.77. The van der Waals surface area contributed by atoms with Gasteiger partial charge >= 0.3 is 0 Å². The van der Waals surface area contributed by atoms with Crippen molar-refractivity contribution in [1.82, 2.24) is 10.2 Å². The van der Waals surface area contributed by atoms with Gasteiger partial charge in [0.05, 0.1) is 14.2 Å². The van der Waals surface area contributed by atoms with Crippen LogP contribution in [0.4, 0.5) is 0 Å². The lowest BCUT2D eigenvalue weighted by atomic mass is 9.80. The highest BCUT2D eigenvalue weighted by molar-refractivity contribution is 5.50. The third-order valence-corrected chi connectivity index (χ3v) is 7.54. The predicted octanol–water partition coefficient (Wildman–Crippen LogP) is 4.99. The standard InChI is InChI=1S/C27H34N2O2/c1-4-18-17-29-12-10-19-7-5-6-8-22(19)25(29)14-21(18)13-24-23-16-27(31-3)26(30-2)15-20(23)9-11-28-24/h5-8,15-16,24-25,28H,4,9-14,17H2,1-3H3/t24-,25?/m1/s1. The highest BCUT2D eigenvalue weighted by Crippen LogP contribution is 2.43. The fraction of sp³-hybridized carbons (Fsp3) is 0.481. The summed E-state index contributed by atoms with van der Waals surface area (Å²) in [4.78, 5) is 2.71. The summed E-state index contributed by atoms with van der Waals surface area (Å²) < 4.78 is 11.2. The fourth-order valence-corrected chi connectivity index (χ4v) is 5.85. The summed E-state index contributed by atoms with van der Waals surface area (Å²) in [5.74, 6) is 1.66. The number of benzene rings is 2. The minimum Gasteiger partial charge on any atom is -0.493 e. The number of ether oxygens (including phenoxy) is 2. The Morgan fingerprint density at radius 2 is 1.77 bits per heavy atom. The molecule has 0 bridgehead atoms. The van der Waals surface area contributed by atoms with E-state index >= 15 is 0 Å². The van der Waals surface area contributed by atoms with Crippen LogP contribution >= 0.6 is 0 Å². The monoisotopic (exact) mass is 418 g/mol. The molecule has 2 atom stereocenters. The minimum atomic E-state index is 0.338. The molecule has 4 nitrogen and oxygen atoms in total. The maximum Gasteiger partial charge on any atom is 0.161 e. The summed E-state index contributed by atoms with van der Waals surface area (Å²) in [6, 6.07) is 14.3. The van der Waals surface area contributed by atoms with E-state index in [1.807, 2.05) is 0 Å². The van der Waals surface area contributed by atoms with E-state index in [2.05, 4.69) is 53.5 Å². The largest absolute Gasteiger partial charge is 0.493 e. The van der Waals surface area contributed by atoms with Crippen molar-refractivity contribution in [3.05, 3.63) is 69.8 Å². The van der Waals surface area contributed by atoms with Gasteiger partial charge in [0.1, 0.15) is 0 Å². The molecule has 4 heteroatoms. The summed E-state index contributed by atoms with van der Waals surface area (Å²) in [7, 11) is 3.44. The topological polar surface area (TPSA) is 33.7 Å². The van der Waals surface area contributed by atoms with Crippen molar-refractivity contribution in [2.24, 2.45) is 0 Å². The zero-order chi connectivity index (χ0) is 21.4. The fourth-order valence-electron chi connectivity index (χ4n) is 5.85. The molecule has 0 aromatic heterocycles. The Balaban J connectivity index is 1.45. The maximum absolute atomic E-state index is 5.62. The van der Waals surface area contributed by atoms with Crippen molar-refractivity contribution in [2.75, 3.05) is 33.9 Å². The first-order valence-corrected chi connectivity index (χ1v) is 11.7. The van der Waals surface area contributed by atoms with Crippen LogP contribution in [0.5, 0.6) is 11.5 Å². The zero-order valence-corrected chi connectivity index (χ0v) is 19.0. The van der Waals surface area contributed by atoms with E-state index in [1.165, 1.54) is 24.1 Å². The second kappa shape index (κ2) is 8.68. The average molecular weight is 419 g/mol. The molecule has 1 unspecified atom stereocenters. The molecule has 3 aliphatic heterocycles. The maximum atomic E-state index is 5.62. The molecule has 0 saturated carbocycles. The lowest BCUT2D eigenvalue weighted by Crippen LogP contribution is -2.40. The third-order valence-electron chi connectivity index (χ3n) is 7.54. The average Bonchev–Trinajstić information content (AvgIpc) is 2.82. The Bertz CT molecular complexity index is 997. The Kier molecular flexibility index (Phi) is 5.77. The first-order chi connectivity index (χ1) is 15.2. The van der Waals surface area contributed by atoms with Gasteiger partial charge in [0.15, 0.2) is 11.5 Å². The second-order valence-corrected chi connectivity index (χ2v) is 9.07. The summed E-state index contributed by atoms with van der Waals surface area (Å²) >= 11 is 0. The van der Waals surface area contributed by atoms with E-state index in [1.54, 1.807) is 36.5 Å². The van der Waals surface area contributed by atoms with E-state index in [0.29, 0.717) is 12.1 Å². The van der Waals surface area contributed by atoms with Crippen molar-refractivity contribution in [2.45, 2.75) is 51.1 Å². The molecule has 1 N–H and O–H groups in total. The van der Waals surface area contributed by atoms with E-state index in [4.69, 9.17) is 9.47 Å². The molecule has 0 aliphatic carbocycles. The van der Waals surface area contributed by atoms with Crippen LogP contribution in [0.1, 0.15) is 60.5 Å². The van der Waals surface area contributed by atoms with Gasteiger partial charge in [-0.15, -0.1) is 0 Å². The quantitative estimate of drug-likeness (QED) is 0.694. The molecule has 0 spiro atoms. The van der Waals surface area contributed by atoms with Gasteiger partial charge in [-0.2, -0.15) is 0 Å². The molecule has 3 heterocycles. The Morgan fingerprint density at radius 1 is 0.968 bits per heavy atom. The predicted molar refractivity (Wildman–Crippen MR) is 125 cm³/mol. The number of hydrogen-bond donors (Lipinski definition) is 1. The molecular formula is C27H34N2O2. The highest BCUT2D eigenvalue weighted by atomic mass is 16.5. The molecule has 0 saturated heterocycles. The number of rotatable bonds is 5. The molecule has 31 heavy (non-hydrogen) atoms. The molecule has 0 fully saturated rings. The number of nitrogens with one attached hydrogen (secondary N) is 1. The number of nitrogens with zero attached hydrogens (tertiary/aromatic N) is 1. The minimum absolute atomic E-state index is 0.338. The number of methoxy groups -OCH3 is 2. The van der Waals surface area contributed by atoms with Crippen LogP contribution in [-0.4, -0.2) is 38.8 Å². The molecule has 5 rings (SSSR count). The first kappa shape index (κ1) is 20.6. The lowest BCUT2D eigenvalue weighted by molar-refractivity contribution is 0.182. The molecule has 2 aromatic rings. The molecular weight excluding hydrogens is 384 g/mol. The van der Waals surface area contributed by atoms with Crippen LogP contribution in [0.15, 0.2) is 47.5 Å². The van der Waals surface area contributed by atoms with Crippen LogP contribution < -0.4 is 14.8 Å². The van der Waals surface area contributed by atoms with Crippen LogP contribution in [0.3, 0.4) is 0 Å². The smallest absolute Gasteiger partial charge is 0.161 e. The van der Waals surface area contributed by atoms with Crippen molar-refractivity contribution in [3.63, 3.8) is 0 Å². The number of hydrogen-bond acceptors (Lipinski definition) is 4. The summed E-state index contributed by atoms with van der Waals surface area (Å²) in [6.45, 7) is 5.64. The van der Waals surface area contributed by atoms with Crippen LogP contribution in [-0.2, 0) is 12.8 Å². The van der Waals surface area contributed by atoms with Crippen molar-refractivity contribution < 1.29 is 9.47 Å². The van der Waals surface area contributed by atoms with Crippen LogP contribution in [0.25, 0.3) is 0 Å². The van der Waals surface area contributed by atoms with Crippen LogP contribution in [0, 0.1) is 0 Å². The van der Waals surface area contributed by atoms with Gasteiger partial charge in [-0.3, -0.25) is 4.90 Å². The van der Waals surface area contributed by atoms with Gasteiger partial charge in [-0.1, -0.05) is 42.3 Å². The summed E-state index contributed by atoms with van der Waals surface area (Å²) in [6.07, 6.45) is 5.60. The molecule has 164 valence electrons. The SMILES string of the molecule is CCC1=C(C[C@H]2NCCc3cc(OC)c(OC)cc32)CC2c3ccccc3CCN2C1. The van der Waals surface area contributed by atoms with Gasteiger partial charge in [-0.05, 0) is 73.0 Å². The first-order valence-electron chi connectivity index (χ1n) is 11.7. The van der Waals surface area contributed by atoms with E-state index in [0.717, 1.165) is 50.3 Å². The van der Waals surface area contributed by atoms with Crippen molar-refractivity contribution >= 4 is 0 Å². The molecule has 0 amide bonds. The van der Waals surface area contributed by atoms with Crippen molar-refractivity contribution in [3.8, 4) is 11.5 Å². The molecule has 2 aromatic carbocycles. The van der Waals surface area contributed by atoms with E-state index < -0.39 is 0 Å². The van der Waals surface area contributed by atoms with Crippen LogP contribution in [0.2, 0.25) is 0 Å². The summed E-state index contributed by atoms with van der Waals surface area (Å²) in [5, 5.41) is 3.80. The van der Waals surface area contributed by atoms with Gasteiger partial charge in [0, 0.05) is 25.2 Å². The van der Waals surface area contributed by atoms with Gasteiger partial charge in [0.2, 0.25) is 0 Å². The van der Waals surface area contributed by atoms with Gasteiger partial charge < -0.3 is 14.8 Å². The Morgan fingerprint density at radius 3 is 2.58 bits per heavy atom. The Labute approximate surface area is 186 Å². The van der Waals surface area contributed by atoms with Crippen molar-refractivity contribution in [1.29, 1.82) is 0 Å². The highest BCUT2D eigenvalue weighted by Gasteiger charge is 2.34. The number of fused-ring (bicyclic) bond motifs is 4. The second-order valence-electron chi connectivity index (χ2n) is 9.07. The molecule has 0 radical (unpaired) electrons. The van der Waals surface area contributed by atoms with Gasteiger partial charge in [-0.25, -0.2) is 0 Å². The van der Waals surface area contributed by atoms with Gasteiger partial charge in [0.25, 0.3) is 0 Å². The van der Waals surface area contributed by atoms with E-state index in [9.17, 15) is 0 Å². The normalized spacial score (nSPS) is 23.1. The lowest BCUT2D eigenvalue weighted by Gasteiger charge is -2.43.